The van der Waals surface area contributed by atoms with Gasteiger partial charge < -0.3 is 12.4 Å². The number of Topliss-reactive ketones (excluding diaryl/α,β-unsaturated/α-hetero) is 1. The number of amides is 1. The van der Waals surface area contributed by atoms with Crippen molar-refractivity contribution in [1.82, 2.24) is 0 Å². The molecule has 0 radical (unpaired) electrons. The lowest BCUT2D eigenvalue weighted by molar-refractivity contribution is -0.819. The lowest BCUT2D eigenvalue weighted by Gasteiger charge is -2.27. The van der Waals surface area contributed by atoms with Crippen LogP contribution in [0.4, 0.5) is 0 Å². The number of nitrogens with zero attached hydrogens (tertiary/aromatic N) is 1. The van der Waals surface area contributed by atoms with Crippen molar-refractivity contribution in [3.63, 3.8) is 0 Å². The molecule has 0 fully saturated rings. The maximum Gasteiger partial charge on any atom is 0.311 e. The van der Waals surface area contributed by atoms with Gasteiger partial charge in [0.15, 0.2) is 5.78 Å². The molecule has 76 valence electrons. The zero-order chi connectivity index (χ0) is 9.78. The molecule has 0 saturated heterocycles. The highest BCUT2D eigenvalue weighted by Crippen LogP contribution is 2.03. The van der Waals surface area contributed by atoms with Crippen molar-refractivity contribution in [3.8, 4) is 0 Å². The Morgan fingerprint density at radius 3 is 2.08 bits per heavy atom. The second-order valence-electron chi connectivity index (χ2n) is 3.25. The average Bonchev–Trinajstić information content (AvgIpc) is 1.85. The number of hydrogen-bond donors (Lipinski definition) is 0. The Kier molecular flexibility index (Phi) is 6.72. The topological polar surface area (TPSA) is 34.1 Å². The quantitative estimate of drug-likeness (QED) is 0.384. The molecule has 1 unspecified atom stereocenters. The van der Waals surface area contributed by atoms with E-state index in [1.54, 1.807) is 13.1 Å². The summed E-state index contributed by atoms with van der Waals surface area (Å²) in [5.41, 5.74) is 0. The van der Waals surface area contributed by atoms with Gasteiger partial charge in [0.25, 0.3) is 0 Å². The highest BCUT2D eigenvalue weighted by atomic mass is 35.5. The summed E-state index contributed by atoms with van der Waals surface area (Å²) in [4.78, 5) is 22.0. The van der Waals surface area contributed by atoms with Crippen molar-refractivity contribution in [1.29, 1.82) is 0 Å². The number of likely N-dealkylation sites (N-methyl/N-ethyl adjacent to an activating group) is 1. The Morgan fingerprint density at radius 1 is 1.38 bits per heavy atom. The summed E-state index contributed by atoms with van der Waals surface area (Å²) < 4.78 is 0.124. The van der Waals surface area contributed by atoms with Crippen molar-refractivity contribution >= 4 is 11.7 Å². The number of carbonyl (C=O) groups is 2. The van der Waals surface area contributed by atoms with E-state index in [-0.39, 0.29) is 35.1 Å². The number of rotatable bonds is 4. The molecule has 0 aromatic rings. The molecular weight excluding hydrogens is 190 g/mol. The predicted octanol–water partition coefficient (Wildman–Crippen LogP) is -2.24. The molecule has 0 bridgehead atoms. The summed E-state index contributed by atoms with van der Waals surface area (Å²) in [6.07, 6.45) is 1.66. The van der Waals surface area contributed by atoms with Crippen molar-refractivity contribution < 1.29 is 26.5 Å². The molecular formula is C9H16ClNO2. The van der Waals surface area contributed by atoms with E-state index in [0.29, 0.717) is 6.54 Å². The van der Waals surface area contributed by atoms with Gasteiger partial charge in [-0.1, -0.05) is 6.58 Å². The standard InChI is InChI=1S/C9H16NO2.ClH/c1-5-6-10(4,9(3)12)7-8(2)11;/h5H,1,6-7H2,2-4H3;1H/q+1;/p-1. The third kappa shape index (κ3) is 4.80. The molecule has 0 aliphatic heterocycles. The molecule has 0 aliphatic rings. The average molecular weight is 206 g/mol. The Balaban J connectivity index is 0. The highest BCUT2D eigenvalue weighted by Gasteiger charge is 2.27. The van der Waals surface area contributed by atoms with E-state index in [9.17, 15) is 9.59 Å². The normalized spacial score (nSPS) is 13.8. The first-order valence-corrected chi connectivity index (χ1v) is 3.88. The minimum absolute atomic E-state index is 0. The lowest BCUT2D eigenvalue weighted by Crippen LogP contribution is -3.00. The molecule has 3 nitrogen and oxygen atoms in total. The fourth-order valence-corrected chi connectivity index (χ4v) is 1.08. The van der Waals surface area contributed by atoms with Crippen LogP contribution in [0.25, 0.3) is 0 Å². The van der Waals surface area contributed by atoms with Crippen molar-refractivity contribution in [2.75, 3.05) is 20.1 Å². The molecule has 1 atom stereocenters. The van der Waals surface area contributed by atoms with Gasteiger partial charge in [-0.05, 0) is 6.08 Å². The maximum absolute atomic E-state index is 11.2. The van der Waals surface area contributed by atoms with Crippen LogP contribution in [-0.4, -0.2) is 36.3 Å². The highest BCUT2D eigenvalue weighted by molar-refractivity contribution is 5.79. The Morgan fingerprint density at radius 2 is 1.85 bits per heavy atom. The first kappa shape index (κ1) is 14.8. The summed E-state index contributed by atoms with van der Waals surface area (Å²) in [6, 6.07) is 0. The Labute approximate surface area is 85.4 Å². The zero-order valence-corrected chi connectivity index (χ0v) is 9.10. The van der Waals surface area contributed by atoms with Crippen LogP contribution in [0.2, 0.25) is 0 Å². The van der Waals surface area contributed by atoms with Gasteiger partial charge in [-0.3, -0.25) is 9.28 Å². The number of halogens is 1. The van der Waals surface area contributed by atoms with Crippen molar-refractivity contribution in [2.24, 2.45) is 0 Å². The Hall–Kier alpha value is -0.670. The molecule has 0 rings (SSSR count). The third-order valence-corrected chi connectivity index (χ3v) is 1.86. The fraction of sp³-hybridized carbons (Fsp3) is 0.556. The molecule has 0 spiro atoms. The minimum Gasteiger partial charge on any atom is -1.00 e. The SMILES string of the molecule is C=CC[N+](C)(CC(C)=O)C(C)=O.[Cl-]. The van der Waals surface area contributed by atoms with Gasteiger partial charge in [0.1, 0.15) is 13.1 Å². The molecule has 0 aromatic heterocycles. The largest absolute Gasteiger partial charge is 1.00 e. The number of ketones is 1. The van der Waals surface area contributed by atoms with Crippen molar-refractivity contribution in [3.05, 3.63) is 12.7 Å². The van der Waals surface area contributed by atoms with Gasteiger partial charge in [0, 0.05) is 6.92 Å². The monoisotopic (exact) mass is 205 g/mol. The first-order chi connectivity index (χ1) is 5.42. The predicted molar refractivity (Wildman–Crippen MR) is 47.5 cm³/mol. The number of hydrogen-bond acceptors (Lipinski definition) is 2. The summed E-state index contributed by atoms with van der Waals surface area (Å²) in [5, 5.41) is 0. The van der Waals surface area contributed by atoms with E-state index in [1.807, 2.05) is 0 Å². The zero-order valence-electron chi connectivity index (χ0n) is 8.34. The molecule has 0 saturated carbocycles. The van der Waals surface area contributed by atoms with Crippen LogP contribution in [0, 0.1) is 0 Å². The molecule has 4 heteroatoms. The van der Waals surface area contributed by atoms with Crippen LogP contribution in [0.3, 0.4) is 0 Å². The molecule has 0 heterocycles. The van der Waals surface area contributed by atoms with Gasteiger partial charge in [-0.25, -0.2) is 4.79 Å². The van der Waals surface area contributed by atoms with E-state index in [2.05, 4.69) is 6.58 Å². The van der Waals surface area contributed by atoms with Gasteiger partial charge in [-0.15, -0.1) is 0 Å². The van der Waals surface area contributed by atoms with E-state index in [4.69, 9.17) is 0 Å². The van der Waals surface area contributed by atoms with Gasteiger partial charge in [-0.2, -0.15) is 0 Å². The van der Waals surface area contributed by atoms with Crippen LogP contribution in [-0.2, 0) is 9.59 Å². The maximum atomic E-state index is 11.2. The summed E-state index contributed by atoms with van der Waals surface area (Å²) in [6.45, 7) is 7.30. The summed E-state index contributed by atoms with van der Waals surface area (Å²) in [5.74, 6) is 0.0136. The molecule has 13 heavy (non-hydrogen) atoms. The minimum atomic E-state index is -0.00917. The second kappa shape index (κ2) is 5.89. The van der Waals surface area contributed by atoms with E-state index < -0.39 is 0 Å². The van der Waals surface area contributed by atoms with Crippen molar-refractivity contribution in [2.45, 2.75) is 13.8 Å². The van der Waals surface area contributed by atoms with E-state index in [1.165, 1.54) is 13.8 Å². The fourth-order valence-electron chi connectivity index (χ4n) is 1.08. The molecule has 0 N–H and O–H groups in total. The van der Waals surface area contributed by atoms with Crippen LogP contribution in [0.15, 0.2) is 12.7 Å². The van der Waals surface area contributed by atoms with Crippen LogP contribution in [0.5, 0.6) is 0 Å². The first-order valence-electron chi connectivity index (χ1n) is 3.88. The third-order valence-electron chi connectivity index (χ3n) is 1.86. The van der Waals surface area contributed by atoms with Gasteiger partial charge in [0.2, 0.25) is 0 Å². The summed E-state index contributed by atoms with van der Waals surface area (Å²) in [7, 11) is 1.74. The molecule has 0 aliphatic carbocycles. The van der Waals surface area contributed by atoms with Crippen LogP contribution >= 0.6 is 0 Å². The summed E-state index contributed by atoms with van der Waals surface area (Å²) >= 11 is 0. The molecule has 0 aromatic carbocycles. The van der Waals surface area contributed by atoms with Gasteiger partial charge >= 0.3 is 5.91 Å². The number of quaternary nitrogens is 1. The van der Waals surface area contributed by atoms with Crippen LogP contribution in [0.1, 0.15) is 13.8 Å². The lowest BCUT2D eigenvalue weighted by atomic mass is 10.3. The van der Waals surface area contributed by atoms with E-state index >= 15 is 0 Å². The van der Waals surface area contributed by atoms with Crippen LogP contribution < -0.4 is 12.4 Å². The Bertz CT molecular complexity index is 216. The second-order valence-corrected chi connectivity index (χ2v) is 3.25. The number of carbonyl (C=O) groups excluding carboxylic acids is 2. The molecule has 1 amide bonds. The smallest absolute Gasteiger partial charge is 0.311 e. The van der Waals surface area contributed by atoms with Gasteiger partial charge in [0.05, 0.1) is 14.0 Å². The van der Waals surface area contributed by atoms with E-state index in [0.717, 1.165) is 0 Å².